The van der Waals surface area contributed by atoms with E-state index in [0.29, 0.717) is 12.5 Å². The van der Waals surface area contributed by atoms with E-state index < -0.39 is 0 Å². The summed E-state index contributed by atoms with van der Waals surface area (Å²) in [7, 11) is 0. The largest absolute Gasteiger partial charge is 0.357 e. The van der Waals surface area contributed by atoms with Crippen molar-refractivity contribution in [1.82, 2.24) is 30.1 Å². The van der Waals surface area contributed by atoms with Crippen LogP contribution in [0.4, 0.5) is 0 Å². The second-order valence-electron chi connectivity index (χ2n) is 7.64. The highest BCUT2D eigenvalue weighted by atomic mass is 127. The van der Waals surface area contributed by atoms with Gasteiger partial charge >= 0.3 is 0 Å². The van der Waals surface area contributed by atoms with E-state index in [-0.39, 0.29) is 35.9 Å². The molecule has 2 aromatic rings. The van der Waals surface area contributed by atoms with Crippen LogP contribution in [0.2, 0.25) is 0 Å². The average Bonchev–Trinajstić information content (AvgIpc) is 3.46. The summed E-state index contributed by atoms with van der Waals surface area (Å²) in [5.74, 6) is 2.16. The molecule has 1 amide bonds. The lowest BCUT2D eigenvalue weighted by Gasteiger charge is -2.21. The molecule has 2 N–H and O–H groups in total. The Hall–Kier alpha value is -1.91. The predicted molar refractivity (Wildman–Crippen MR) is 123 cm³/mol. The number of hydrogen-bond acceptors (Lipinski definition) is 4. The number of carbonyl (C=O) groups excluding carboxylic acids is 1. The van der Waals surface area contributed by atoms with Crippen LogP contribution in [0.5, 0.6) is 0 Å². The molecule has 0 radical (unpaired) electrons. The third kappa shape index (κ3) is 5.18. The van der Waals surface area contributed by atoms with Crippen LogP contribution in [-0.2, 0) is 11.3 Å². The zero-order valence-electron chi connectivity index (χ0n) is 16.9. The minimum atomic E-state index is 0. The fourth-order valence-corrected chi connectivity index (χ4v) is 4.17. The van der Waals surface area contributed by atoms with E-state index in [1.165, 1.54) is 12.8 Å². The van der Waals surface area contributed by atoms with Gasteiger partial charge in [0.05, 0.1) is 0 Å². The lowest BCUT2D eigenvalue weighted by molar-refractivity contribution is -0.134. The Balaban J connectivity index is 0.00000240. The van der Waals surface area contributed by atoms with Crippen LogP contribution in [0.25, 0.3) is 5.65 Å². The van der Waals surface area contributed by atoms with Crippen LogP contribution >= 0.6 is 24.0 Å². The lowest BCUT2D eigenvalue weighted by Crippen LogP contribution is -2.45. The van der Waals surface area contributed by atoms with E-state index in [0.717, 1.165) is 56.3 Å². The molecule has 1 aliphatic heterocycles. The molecule has 4 rings (SSSR count). The van der Waals surface area contributed by atoms with E-state index in [9.17, 15) is 4.79 Å². The quantitative estimate of drug-likeness (QED) is 0.365. The van der Waals surface area contributed by atoms with Crippen molar-refractivity contribution in [2.75, 3.05) is 19.6 Å². The molecular weight excluding hydrogens is 481 g/mol. The number of nitrogens with zero attached hydrogens (tertiary/aromatic N) is 5. The SMILES string of the molecule is CCNC(=NCc1nnc2ccccn12)NC1CCN(C(=O)C2CCCC2)C1.I. The maximum atomic E-state index is 12.6. The number of nitrogens with one attached hydrogen (secondary N) is 2. The summed E-state index contributed by atoms with van der Waals surface area (Å²) in [4.78, 5) is 19.4. The van der Waals surface area contributed by atoms with Gasteiger partial charge in [0.15, 0.2) is 17.4 Å². The summed E-state index contributed by atoms with van der Waals surface area (Å²) in [5, 5.41) is 15.2. The predicted octanol–water partition coefficient (Wildman–Crippen LogP) is 2.19. The van der Waals surface area contributed by atoms with Gasteiger partial charge in [0, 0.05) is 37.8 Å². The normalized spacial score (nSPS) is 20.1. The van der Waals surface area contributed by atoms with Gasteiger partial charge in [-0.05, 0) is 38.3 Å². The van der Waals surface area contributed by atoms with Crippen molar-refractivity contribution in [2.24, 2.45) is 10.9 Å². The summed E-state index contributed by atoms with van der Waals surface area (Å²) in [5.41, 5.74) is 0.822. The van der Waals surface area contributed by atoms with Crippen LogP contribution in [-0.4, -0.2) is 57.0 Å². The van der Waals surface area contributed by atoms with Gasteiger partial charge in [-0.3, -0.25) is 9.20 Å². The van der Waals surface area contributed by atoms with Crippen LogP contribution < -0.4 is 10.6 Å². The second-order valence-corrected chi connectivity index (χ2v) is 7.64. The van der Waals surface area contributed by atoms with Gasteiger partial charge < -0.3 is 15.5 Å². The van der Waals surface area contributed by atoms with E-state index in [1.54, 1.807) is 0 Å². The molecule has 1 unspecified atom stereocenters. The van der Waals surface area contributed by atoms with Crippen molar-refractivity contribution in [2.45, 2.75) is 51.6 Å². The topological polar surface area (TPSA) is 86.9 Å². The van der Waals surface area contributed by atoms with E-state index in [2.05, 4.69) is 25.8 Å². The molecule has 2 aromatic heterocycles. The third-order valence-corrected chi connectivity index (χ3v) is 5.65. The number of amides is 1. The smallest absolute Gasteiger partial charge is 0.225 e. The monoisotopic (exact) mass is 511 g/mol. The van der Waals surface area contributed by atoms with Gasteiger partial charge in [-0.2, -0.15) is 0 Å². The zero-order valence-corrected chi connectivity index (χ0v) is 19.2. The molecule has 0 spiro atoms. The number of pyridine rings is 1. The molecular formula is C20H30IN7O. The third-order valence-electron chi connectivity index (χ3n) is 5.65. The number of hydrogen-bond donors (Lipinski definition) is 2. The Morgan fingerprint density at radius 2 is 2.07 bits per heavy atom. The number of likely N-dealkylation sites (tertiary alicyclic amines) is 1. The number of rotatable bonds is 5. The Bertz CT molecular complexity index is 846. The minimum absolute atomic E-state index is 0. The maximum Gasteiger partial charge on any atom is 0.225 e. The fraction of sp³-hybridized carbons (Fsp3) is 0.600. The Labute approximate surface area is 188 Å². The first-order valence-electron chi connectivity index (χ1n) is 10.4. The van der Waals surface area contributed by atoms with Crippen LogP contribution in [0, 0.1) is 5.92 Å². The average molecular weight is 511 g/mol. The van der Waals surface area contributed by atoms with Crippen molar-refractivity contribution in [3.63, 3.8) is 0 Å². The molecule has 158 valence electrons. The first-order valence-corrected chi connectivity index (χ1v) is 10.4. The number of fused-ring (bicyclic) bond motifs is 1. The first-order chi connectivity index (χ1) is 13.7. The molecule has 2 aliphatic rings. The number of carbonyl (C=O) groups is 1. The Kier molecular flexibility index (Phi) is 7.68. The van der Waals surface area contributed by atoms with Gasteiger partial charge in [0.1, 0.15) is 6.54 Å². The van der Waals surface area contributed by atoms with Gasteiger partial charge in [0.2, 0.25) is 5.91 Å². The van der Waals surface area contributed by atoms with Gasteiger partial charge in [-0.25, -0.2) is 4.99 Å². The minimum Gasteiger partial charge on any atom is -0.357 e. The van der Waals surface area contributed by atoms with Crippen molar-refractivity contribution >= 4 is 41.5 Å². The van der Waals surface area contributed by atoms with Gasteiger partial charge in [0.25, 0.3) is 0 Å². The lowest BCUT2D eigenvalue weighted by atomic mass is 10.1. The summed E-state index contributed by atoms with van der Waals surface area (Å²) in [6.45, 7) is 4.87. The van der Waals surface area contributed by atoms with Gasteiger partial charge in [-0.15, -0.1) is 34.2 Å². The van der Waals surface area contributed by atoms with Crippen molar-refractivity contribution < 1.29 is 4.79 Å². The molecule has 3 heterocycles. The second kappa shape index (κ2) is 10.2. The summed E-state index contributed by atoms with van der Waals surface area (Å²) < 4.78 is 1.95. The van der Waals surface area contributed by atoms with Crippen LogP contribution in [0.3, 0.4) is 0 Å². The number of aliphatic imine (C=N–C) groups is 1. The maximum absolute atomic E-state index is 12.6. The highest BCUT2D eigenvalue weighted by Crippen LogP contribution is 2.27. The molecule has 9 heteroatoms. The molecule has 1 aliphatic carbocycles. The van der Waals surface area contributed by atoms with Crippen LogP contribution in [0.1, 0.15) is 44.9 Å². The summed E-state index contributed by atoms with van der Waals surface area (Å²) in [6, 6.07) is 6.07. The molecule has 1 saturated heterocycles. The van der Waals surface area contributed by atoms with E-state index in [4.69, 9.17) is 0 Å². The standard InChI is InChI=1S/C20H29N7O.HI/c1-2-21-20(22-13-18-25-24-17-9-5-6-11-27(17)18)23-16-10-12-26(14-16)19(28)15-7-3-4-8-15;/h5-6,9,11,15-16H,2-4,7-8,10,12-14H2,1H3,(H2,21,22,23);1H. The summed E-state index contributed by atoms with van der Waals surface area (Å²) in [6.07, 6.45) is 7.41. The molecule has 1 saturated carbocycles. The van der Waals surface area contributed by atoms with Crippen molar-refractivity contribution in [1.29, 1.82) is 0 Å². The van der Waals surface area contributed by atoms with Crippen molar-refractivity contribution in [3.05, 3.63) is 30.2 Å². The van der Waals surface area contributed by atoms with E-state index >= 15 is 0 Å². The number of guanidine groups is 1. The molecule has 2 fully saturated rings. The van der Waals surface area contributed by atoms with Crippen LogP contribution in [0.15, 0.2) is 29.4 Å². The number of aromatic nitrogens is 3. The Morgan fingerprint density at radius 1 is 1.24 bits per heavy atom. The highest BCUT2D eigenvalue weighted by molar-refractivity contribution is 14.0. The molecule has 29 heavy (non-hydrogen) atoms. The molecule has 1 atom stereocenters. The highest BCUT2D eigenvalue weighted by Gasteiger charge is 2.32. The molecule has 8 nitrogen and oxygen atoms in total. The Morgan fingerprint density at radius 3 is 2.86 bits per heavy atom. The van der Waals surface area contributed by atoms with Crippen molar-refractivity contribution in [3.8, 4) is 0 Å². The molecule has 0 aromatic carbocycles. The summed E-state index contributed by atoms with van der Waals surface area (Å²) >= 11 is 0. The number of halogens is 1. The van der Waals surface area contributed by atoms with E-state index in [1.807, 2.05) is 40.6 Å². The first kappa shape index (κ1) is 21.8. The van der Waals surface area contributed by atoms with Gasteiger partial charge in [-0.1, -0.05) is 18.9 Å². The zero-order chi connectivity index (χ0) is 19.3. The fourth-order valence-electron chi connectivity index (χ4n) is 4.17. The molecule has 0 bridgehead atoms.